The van der Waals surface area contributed by atoms with Gasteiger partial charge in [-0.1, -0.05) is 74.2 Å². The molecule has 0 N–H and O–H groups in total. The number of unbranched alkanes of at least 4 members (excludes halogenated alkanes) is 3. The van der Waals surface area contributed by atoms with Crippen LogP contribution in [-0.2, 0) is 19.0 Å². The summed E-state index contributed by atoms with van der Waals surface area (Å²) in [5.74, 6) is 1.14. The van der Waals surface area contributed by atoms with Crippen molar-refractivity contribution in [3.05, 3.63) is 47.9 Å². The van der Waals surface area contributed by atoms with Crippen LogP contribution in [0.3, 0.4) is 0 Å². The minimum atomic E-state index is -0.594. The lowest BCUT2D eigenvalue weighted by Crippen LogP contribution is -2.04. The Kier molecular flexibility index (Phi) is 14.5. The number of fused-ring (bicyclic) bond motifs is 1. The van der Waals surface area contributed by atoms with E-state index in [9.17, 15) is 9.59 Å². The van der Waals surface area contributed by atoms with Gasteiger partial charge in [0.25, 0.3) is 0 Å². The molecule has 35 heavy (non-hydrogen) atoms. The van der Waals surface area contributed by atoms with Crippen molar-refractivity contribution in [1.82, 2.24) is 10.1 Å². The molecule has 1 aromatic heterocycles. The van der Waals surface area contributed by atoms with Gasteiger partial charge in [-0.25, -0.2) is 4.79 Å². The second kappa shape index (κ2) is 17.1. The first kappa shape index (κ1) is 29.6. The van der Waals surface area contributed by atoms with E-state index in [-0.39, 0.29) is 5.97 Å². The van der Waals surface area contributed by atoms with Crippen molar-refractivity contribution in [3.63, 3.8) is 0 Å². The number of methoxy groups -OCH3 is 2. The summed E-state index contributed by atoms with van der Waals surface area (Å²) in [5.41, 5.74) is 2.25. The smallest absolute Gasteiger partial charge is 0.469 e. The number of rotatable bonds is 8. The lowest BCUT2D eigenvalue weighted by atomic mass is 10.0. The molecule has 0 aliphatic rings. The zero-order valence-electron chi connectivity index (χ0n) is 21.8. The predicted molar refractivity (Wildman–Crippen MR) is 136 cm³/mol. The Bertz CT molecular complexity index is 1010. The van der Waals surface area contributed by atoms with E-state index >= 15 is 0 Å². The number of aryl methyl sites for hydroxylation is 2. The summed E-state index contributed by atoms with van der Waals surface area (Å²) in [4.78, 5) is 24.9. The number of carbonyl (C=O) groups excluding carboxylic acids is 2. The van der Waals surface area contributed by atoms with Crippen LogP contribution in [0.4, 0.5) is 4.79 Å². The fourth-order valence-electron chi connectivity index (χ4n) is 2.90. The molecule has 3 aromatic rings. The molecule has 192 valence electrons. The van der Waals surface area contributed by atoms with Crippen molar-refractivity contribution in [2.45, 2.75) is 66.2 Å². The zero-order valence-corrected chi connectivity index (χ0v) is 21.8. The third-order valence-corrected chi connectivity index (χ3v) is 4.88. The SMILES string of the molecule is CCCCCC(=O)OC.CCCCOC(=O)OC.Cc1ccc2cc(-c3noc(C)n3)ccc2c1. The van der Waals surface area contributed by atoms with Crippen molar-refractivity contribution >= 4 is 22.9 Å². The number of ether oxygens (including phenoxy) is 3. The molecule has 2 aromatic carbocycles. The van der Waals surface area contributed by atoms with Crippen LogP contribution in [-0.4, -0.2) is 43.1 Å². The first-order valence-corrected chi connectivity index (χ1v) is 11.9. The molecular weight excluding hydrogens is 448 g/mol. The minimum absolute atomic E-state index is 0.0940. The van der Waals surface area contributed by atoms with Gasteiger partial charge in [-0.3, -0.25) is 4.79 Å². The van der Waals surface area contributed by atoms with Gasteiger partial charge in [0, 0.05) is 18.9 Å². The van der Waals surface area contributed by atoms with Gasteiger partial charge in [-0.15, -0.1) is 0 Å². The predicted octanol–water partition coefficient (Wildman–Crippen LogP) is 6.82. The van der Waals surface area contributed by atoms with Crippen molar-refractivity contribution in [2.75, 3.05) is 20.8 Å². The second-order valence-corrected chi connectivity index (χ2v) is 7.89. The summed E-state index contributed by atoms with van der Waals surface area (Å²) in [7, 11) is 2.72. The highest BCUT2D eigenvalue weighted by Gasteiger charge is 2.06. The van der Waals surface area contributed by atoms with Gasteiger partial charge in [0.1, 0.15) is 0 Å². The Hall–Kier alpha value is -3.42. The second-order valence-electron chi connectivity index (χ2n) is 7.89. The molecule has 0 spiro atoms. The summed E-state index contributed by atoms with van der Waals surface area (Å²) in [5, 5.41) is 6.35. The summed E-state index contributed by atoms with van der Waals surface area (Å²) >= 11 is 0. The molecule has 0 unspecified atom stereocenters. The maximum atomic E-state index is 10.5. The maximum absolute atomic E-state index is 10.5. The largest absolute Gasteiger partial charge is 0.507 e. The van der Waals surface area contributed by atoms with Gasteiger partial charge in [0.05, 0.1) is 20.8 Å². The molecule has 0 atom stereocenters. The average Bonchev–Trinajstić information content (AvgIpc) is 3.30. The average molecular weight is 487 g/mol. The number of benzene rings is 2. The zero-order chi connectivity index (χ0) is 26.1. The fraction of sp³-hybridized carbons (Fsp3) is 0.481. The van der Waals surface area contributed by atoms with Crippen molar-refractivity contribution in [2.24, 2.45) is 0 Å². The summed E-state index contributed by atoms with van der Waals surface area (Å²) in [6, 6.07) is 12.6. The van der Waals surface area contributed by atoms with Crippen LogP contribution in [0, 0.1) is 13.8 Å². The number of aromatic nitrogens is 2. The number of hydrogen-bond donors (Lipinski definition) is 0. The van der Waals surface area contributed by atoms with Crippen LogP contribution in [0.5, 0.6) is 0 Å². The molecule has 0 amide bonds. The van der Waals surface area contributed by atoms with E-state index in [1.54, 1.807) is 6.92 Å². The summed E-state index contributed by atoms with van der Waals surface area (Å²) < 4.78 is 18.3. The molecule has 3 rings (SSSR count). The first-order chi connectivity index (χ1) is 16.8. The van der Waals surface area contributed by atoms with E-state index in [2.05, 4.69) is 68.5 Å². The third-order valence-electron chi connectivity index (χ3n) is 4.88. The van der Waals surface area contributed by atoms with Gasteiger partial charge in [-0.2, -0.15) is 4.98 Å². The van der Waals surface area contributed by atoms with Gasteiger partial charge < -0.3 is 18.7 Å². The third kappa shape index (κ3) is 12.0. The monoisotopic (exact) mass is 486 g/mol. The highest BCUT2D eigenvalue weighted by molar-refractivity contribution is 5.86. The Morgan fingerprint density at radius 3 is 2.17 bits per heavy atom. The molecule has 0 saturated heterocycles. The normalized spacial score (nSPS) is 9.89. The van der Waals surface area contributed by atoms with Crippen LogP contribution in [0.25, 0.3) is 22.2 Å². The van der Waals surface area contributed by atoms with E-state index in [1.165, 1.54) is 30.6 Å². The number of esters is 1. The molecule has 0 saturated carbocycles. The highest BCUT2D eigenvalue weighted by Crippen LogP contribution is 2.23. The van der Waals surface area contributed by atoms with E-state index in [4.69, 9.17) is 4.52 Å². The highest BCUT2D eigenvalue weighted by atomic mass is 16.7. The Morgan fingerprint density at radius 2 is 1.57 bits per heavy atom. The molecule has 0 fully saturated rings. The van der Waals surface area contributed by atoms with Crippen LogP contribution >= 0.6 is 0 Å². The molecule has 0 aliphatic heterocycles. The number of hydrogen-bond acceptors (Lipinski definition) is 8. The van der Waals surface area contributed by atoms with Gasteiger partial charge in [0.2, 0.25) is 11.7 Å². The fourth-order valence-corrected chi connectivity index (χ4v) is 2.90. The van der Waals surface area contributed by atoms with E-state index < -0.39 is 6.16 Å². The molecular formula is C27H38N2O6. The topological polar surface area (TPSA) is 101 Å². The molecule has 0 radical (unpaired) electrons. The molecule has 1 heterocycles. The van der Waals surface area contributed by atoms with Crippen LogP contribution in [0.15, 0.2) is 40.9 Å². The molecule has 8 heteroatoms. The minimum Gasteiger partial charge on any atom is -0.469 e. The molecule has 0 bridgehead atoms. The van der Waals surface area contributed by atoms with Crippen LogP contribution < -0.4 is 0 Å². The quantitative estimate of drug-likeness (QED) is 0.253. The van der Waals surface area contributed by atoms with E-state index in [0.29, 0.717) is 24.7 Å². The summed E-state index contributed by atoms with van der Waals surface area (Å²) in [6.45, 7) is 8.48. The summed E-state index contributed by atoms with van der Waals surface area (Å²) in [6.07, 6.45) is 5.13. The van der Waals surface area contributed by atoms with Gasteiger partial charge in [-0.05, 0) is 36.6 Å². The van der Waals surface area contributed by atoms with Crippen molar-refractivity contribution < 1.29 is 28.3 Å². The standard InChI is InChI=1S/C14H12N2O.C7H14O2.C6H12O3/c1-9-3-4-12-8-13(6-5-11(12)7-9)14-15-10(2)17-16-14;1-3-4-5-6-7(8)9-2;1-3-4-5-9-6(7)8-2/h3-8H,1-2H3;3-6H2,1-2H3;3-5H2,1-2H3. The molecule has 8 nitrogen and oxygen atoms in total. The van der Waals surface area contributed by atoms with E-state index in [1.807, 2.05) is 13.0 Å². The van der Waals surface area contributed by atoms with Crippen LogP contribution in [0.2, 0.25) is 0 Å². The number of nitrogens with zero attached hydrogens (tertiary/aromatic N) is 2. The maximum Gasteiger partial charge on any atom is 0.507 e. The van der Waals surface area contributed by atoms with Gasteiger partial charge in [0.15, 0.2) is 0 Å². The molecule has 0 aliphatic carbocycles. The Balaban J connectivity index is 0.000000292. The Morgan fingerprint density at radius 1 is 0.886 bits per heavy atom. The van der Waals surface area contributed by atoms with Gasteiger partial charge >= 0.3 is 12.1 Å². The Labute approximate surface area is 208 Å². The lowest BCUT2D eigenvalue weighted by molar-refractivity contribution is -0.140. The van der Waals surface area contributed by atoms with Crippen LogP contribution in [0.1, 0.15) is 63.8 Å². The first-order valence-electron chi connectivity index (χ1n) is 11.9. The van der Waals surface area contributed by atoms with E-state index in [0.717, 1.165) is 37.7 Å². The van der Waals surface area contributed by atoms with Crippen molar-refractivity contribution in [1.29, 1.82) is 0 Å². The lowest BCUT2D eigenvalue weighted by Gasteiger charge is -2.01. The number of carbonyl (C=O) groups is 2. The van der Waals surface area contributed by atoms with Crippen molar-refractivity contribution in [3.8, 4) is 11.4 Å².